The number of nitrogens with one attached hydrogen (secondary N) is 1. The number of pyridine rings is 1. The molecule has 1 fully saturated rings. The number of carbonyl (C=O) groups is 1. The molecule has 3 heteroatoms. The van der Waals surface area contributed by atoms with E-state index >= 15 is 0 Å². The van der Waals surface area contributed by atoms with Gasteiger partial charge in [-0.05, 0) is 47.7 Å². The van der Waals surface area contributed by atoms with Gasteiger partial charge in [0.15, 0.2) is 0 Å². The van der Waals surface area contributed by atoms with E-state index in [1.165, 1.54) is 47.4 Å². The highest BCUT2D eigenvalue weighted by atomic mass is 16.1. The van der Waals surface area contributed by atoms with Gasteiger partial charge in [0.05, 0.1) is 5.69 Å². The standard InChI is InChI=1S/C23H24N2O/c1-23(2)13-24-22(26)18-7-6-15(12-19(18)23)16-8-11-21-17(16)9-10-20(25-21)14-4-3-5-14/h6-10,12,14H,3-5,11,13H2,1-2H3,(H,24,26). The fourth-order valence-electron chi connectivity index (χ4n) is 4.39. The number of allylic oxidation sites excluding steroid dienone is 1. The van der Waals surface area contributed by atoms with Crippen molar-refractivity contribution in [3.63, 3.8) is 0 Å². The maximum absolute atomic E-state index is 12.2. The number of carbonyl (C=O) groups excluding carboxylic acids is 1. The van der Waals surface area contributed by atoms with Crippen LogP contribution in [-0.4, -0.2) is 17.4 Å². The summed E-state index contributed by atoms with van der Waals surface area (Å²) >= 11 is 0. The van der Waals surface area contributed by atoms with Crippen LogP contribution in [-0.2, 0) is 11.8 Å². The minimum Gasteiger partial charge on any atom is -0.351 e. The topological polar surface area (TPSA) is 42.0 Å². The van der Waals surface area contributed by atoms with Gasteiger partial charge in [0.25, 0.3) is 5.91 Å². The molecule has 132 valence electrons. The third-order valence-corrected chi connectivity index (χ3v) is 6.30. The van der Waals surface area contributed by atoms with Crippen LogP contribution < -0.4 is 5.32 Å². The number of nitrogens with zero attached hydrogens (tertiary/aromatic N) is 1. The largest absolute Gasteiger partial charge is 0.351 e. The maximum atomic E-state index is 12.2. The lowest BCUT2D eigenvalue weighted by Crippen LogP contribution is -2.43. The van der Waals surface area contributed by atoms with Gasteiger partial charge in [-0.3, -0.25) is 9.78 Å². The highest BCUT2D eigenvalue weighted by Crippen LogP contribution is 2.39. The van der Waals surface area contributed by atoms with Crippen molar-refractivity contribution in [3.05, 3.63) is 70.0 Å². The van der Waals surface area contributed by atoms with E-state index < -0.39 is 0 Å². The van der Waals surface area contributed by atoms with Crippen LogP contribution in [0.1, 0.15) is 77.5 Å². The molecule has 0 saturated heterocycles. The monoisotopic (exact) mass is 344 g/mol. The molecular weight excluding hydrogens is 320 g/mol. The summed E-state index contributed by atoms with van der Waals surface area (Å²) in [6, 6.07) is 10.8. The molecular formula is C23H24N2O. The van der Waals surface area contributed by atoms with E-state index in [1.54, 1.807) is 0 Å². The molecule has 0 atom stereocenters. The van der Waals surface area contributed by atoms with E-state index in [0.717, 1.165) is 17.5 Å². The van der Waals surface area contributed by atoms with Crippen LogP contribution in [0.5, 0.6) is 0 Å². The molecule has 2 aliphatic carbocycles. The molecule has 0 unspecified atom stereocenters. The van der Waals surface area contributed by atoms with Gasteiger partial charge in [0.2, 0.25) is 0 Å². The molecule has 26 heavy (non-hydrogen) atoms. The van der Waals surface area contributed by atoms with Crippen LogP contribution in [0, 0.1) is 0 Å². The zero-order valence-corrected chi connectivity index (χ0v) is 15.4. The zero-order chi connectivity index (χ0) is 17.9. The Morgan fingerprint density at radius 2 is 1.92 bits per heavy atom. The molecule has 1 saturated carbocycles. The first-order valence-corrected chi connectivity index (χ1v) is 9.66. The average Bonchev–Trinajstić information content (AvgIpc) is 3.00. The molecule has 0 bridgehead atoms. The molecule has 3 aliphatic rings. The van der Waals surface area contributed by atoms with Gasteiger partial charge in [0.1, 0.15) is 0 Å². The Kier molecular flexibility index (Phi) is 3.37. The summed E-state index contributed by atoms with van der Waals surface area (Å²) < 4.78 is 0. The van der Waals surface area contributed by atoms with E-state index in [9.17, 15) is 4.79 Å². The fourth-order valence-corrected chi connectivity index (χ4v) is 4.39. The van der Waals surface area contributed by atoms with Gasteiger partial charge in [-0.1, -0.05) is 38.5 Å². The smallest absolute Gasteiger partial charge is 0.251 e. The first-order chi connectivity index (χ1) is 12.5. The highest BCUT2D eigenvalue weighted by Gasteiger charge is 2.32. The van der Waals surface area contributed by atoms with Crippen LogP contribution in [0.25, 0.3) is 5.57 Å². The third kappa shape index (κ3) is 2.33. The Labute approximate surface area is 154 Å². The first kappa shape index (κ1) is 15.8. The second-order valence-corrected chi connectivity index (χ2v) is 8.51. The molecule has 0 spiro atoms. The van der Waals surface area contributed by atoms with Crippen molar-refractivity contribution >= 4 is 11.5 Å². The number of hydrogen-bond donors (Lipinski definition) is 1. The van der Waals surface area contributed by atoms with Crippen molar-refractivity contribution in [2.24, 2.45) is 0 Å². The van der Waals surface area contributed by atoms with Crippen molar-refractivity contribution in [1.29, 1.82) is 0 Å². The summed E-state index contributed by atoms with van der Waals surface area (Å²) in [5, 5.41) is 3.00. The highest BCUT2D eigenvalue weighted by molar-refractivity contribution is 5.98. The van der Waals surface area contributed by atoms with Gasteiger partial charge in [-0.25, -0.2) is 0 Å². The number of aromatic nitrogens is 1. The Balaban J connectivity index is 1.54. The van der Waals surface area contributed by atoms with Crippen LogP contribution in [0.4, 0.5) is 0 Å². The lowest BCUT2D eigenvalue weighted by molar-refractivity contribution is 0.0930. The minimum atomic E-state index is -0.0480. The Bertz CT molecular complexity index is 951. The third-order valence-electron chi connectivity index (χ3n) is 6.30. The summed E-state index contributed by atoms with van der Waals surface area (Å²) in [6.45, 7) is 5.07. The minimum absolute atomic E-state index is 0.0403. The second kappa shape index (κ2) is 5.54. The molecule has 1 N–H and O–H groups in total. The summed E-state index contributed by atoms with van der Waals surface area (Å²) in [5.41, 5.74) is 8.10. The van der Waals surface area contributed by atoms with Gasteiger partial charge >= 0.3 is 0 Å². The van der Waals surface area contributed by atoms with Crippen molar-refractivity contribution in [3.8, 4) is 0 Å². The molecule has 2 heterocycles. The predicted molar refractivity (Wildman–Crippen MR) is 103 cm³/mol. The van der Waals surface area contributed by atoms with Gasteiger partial charge in [-0.15, -0.1) is 0 Å². The molecule has 1 aliphatic heterocycles. The summed E-state index contributed by atoms with van der Waals surface area (Å²) in [6.07, 6.45) is 7.11. The van der Waals surface area contributed by atoms with Crippen molar-refractivity contribution < 1.29 is 4.79 Å². The average molecular weight is 344 g/mol. The number of benzene rings is 1. The summed E-state index contributed by atoms with van der Waals surface area (Å²) in [4.78, 5) is 17.2. The number of fused-ring (bicyclic) bond motifs is 2. The zero-order valence-electron chi connectivity index (χ0n) is 15.4. The molecule has 1 aromatic heterocycles. The molecule has 1 amide bonds. The number of hydrogen-bond acceptors (Lipinski definition) is 2. The lowest BCUT2D eigenvalue weighted by atomic mass is 9.77. The Morgan fingerprint density at radius 1 is 1.12 bits per heavy atom. The van der Waals surface area contributed by atoms with Crippen LogP contribution in [0.3, 0.4) is 0 Å². The SMILES string of the molecule is CC1(C)CNC(=O)c2ccc(C3=CCc4nc(C5CCC5)ccc43)cc21. The first-order valence-electron chi connectivity index (χ1n) is 9.66. The van der Waals surface area contributed by atoms with E-state index in [-0.39, 0.29) is 11.3 Å². The lowest BCUT2D eigenvalue weighted by Gasteiger charge is -2.33. The molecule has 2 aromatic rings. The normalized spacial score (nSPS) is 20.7. The quantitative estimate of drug-likeness (QED) is 0.879. The molecule has 1 aromatic carbocycles. The van der Waals surface area contributed by atoms with Crippen LogP contribution in [0.15, 0.2) is 36.4 Å². The van der Waals surface area contributed by atoms with E-state index in [4.69, 9.17) is 4.98 Å². The van der Waals surface area contributed by atoms with Gasteiger partial charge < -0.3 is 5.32 Å². The van der Waals surface area contributed by atoms with Crippen LogP contribution >= 0.6 is 0 Å². The van der Waals surface area contributed by atoms with Crippen molar-refractivity contribution in [1.82, 2.24) is 10.3 Å². The number of amides is 1. The van der Waals surface area contributed by atoms with Crippen molar-refractivity contribution in [2.75, 3.05) is 6.54 Å². The summed E-state index contributed by atoms with van der Waals surface area (Å²) in [5.74, 6) is 0.714. The summed E-state index contributed by atoms with van der Waals surface area (Å²) in [7, 11) is 0. The van der Waals surface area contributed by atoms with Crippen LogP contribution in [0.2, 0.25) is 0 Å². The second-order valence-electron chi connectivity index (χ2n) is 8.51. The van der Waals surface area contributed by atoms with E-state index in [0.29, 0.717) is 12.5 Å². The van der Waals surface area contributed by atoms with E-state index in [1.807, 2.05) is 6.07 Å². The maximum Gasteiger partial charge on any atom is 0.251 e. The predicted octanol–water partition coefficient (Wildman–Crippen LogP) is 4.36. The van der Waals surface area contributed by atoms with Gasteiger partial charge in [-0.2, -0.15) is 0 Å². The van der Waals surface area contributed by atoms with Crippen molar-refractivity contribution in [2.45, 2.75) is 50.9 Å². The molecule has 5 rings (SSSR count). The van der Waals surface area contributed by atoms with Gasteiger partial charge in [0, 0.05) is 41.1 Å². The Hall–Kier alpha value is -2.42. The molecule has 0 radical (unpaired) electrons. The fraction of sp³-hybridized carbons (Fsp3) is 0.391. The Morgan fingerprint density at radius 3 is 2.69 bits per heavy atom. The van der Waals surface area contributed by atoms with E-state index in [2.05, 4.69) is 49.5 Å². The molecule has 3 nitrogen and oxygen atoms in total. The number of rotatable bonds is 2.